The molecule has 0 N–H and O–H groups in total. The molecule has 1 heterocycles. The third-order valence-corrected chi connectivity index (χ3v) is 6.39. The van der Waals surface area contributed by atoms with Crippen LogP contribution in [0.15, 0.2) is 52.4 Å². The summed E-state index contributed by atoms with van der Waals surface area (Å²) in [7, 11) is 1.66. The van der Waals surface area contributed by atoms with Crippen molar-refractivity contribution in [1.29, 1.82) is 0 Å². The molecule has 0 atom stereocenters. The molecule has 4 nitrogen and oxygen atoms in total. The van der Waals surface area contributed by atoms with E-state index in [1.807, 2.05) is 48.7 Å². The summed E-state index contributed by atoms with van der Waals surface area (Å²) in [5.41, 5.74) is 1.69. The molecule has 0 spiro atoms. The molecule has 0 aliphatic heterocycles. The number of amides is 1. The summed E-state index contributed by atoms with van der Waals surface area (Å²) in [5, 5.41) is 0. The van der Waals surface area contributed by atoms with Gasteiger partial charge in [-0.2, -0.15) is 16.8 Å². The van der Waals surface area contributed by atoms with Crippen LogP contribution in [0.2, 0.25) is 0 Å². The number of benzene rings is 2. The fraction of sp³-hybridized carbons (Fsp3) is 0.263. The number of carbonyl (C=O) groups is 1. The highest BCUT2D eigenvalue weighted by Crippen LogP contribution is 2.24. The van der Waals surface area contributed by atoms with Gasteiger partial charge in [0.15, 0.2) is 4.80 Å². The van der Waals surface area contributed by atoms with Gasteiger partial charge in [0.1, 0.15) is 5.75 Å². The molecule has 1 amide bonds. The zero-order valence-corrected chi connectivity index (χ0v) is 17.3. The van der Waals surface area contributed by atoms with Crippen molar-refractivity contribution in [3.8, 4) is 5.75 Å². The second-order valence-electron chi connectivity index (χ2n) is 5.48. The standard InChI is InChI=1S/C19H20N2O2S3/c1-23-13-8-9-17-15(12-13)21(10-11-24-2)19(26-17)20-18(22)14-6-4-5-7-16(14)25-3/h4-9,12H,10-11H2,1-3H3. The second kappa shape index (κ2) is 8.79. The molecular formula is C19H20N2O2S3. The molecule has 136 valence electrons. The van der Waals surface area contributed by atoms with E-state index in [-0.39, 0.29) is 5.91 Å². The molecule has 2 aromatic carbocycles. The Morgan fingerprint density at radius 1 is 1.23 bits per heavy atom. The van der Waals surface area contributed by atoms with Gasteiger partial charge in [0.2, 0.25) is 0 Å². The van der Waals surface area contributed by atoms with E-state index < -0.39 is 0 Å². The van der Waals surface area contributed by atoms with Gasteiger partial charge in [0.05, 0.1) is 22.9 Å². The molecule has 7 heteroatoms. The number of thiazole rings is 1. The molecule has 26 heavy (non-hydrogen) atoms. The summed E-state index contributed by atoms with van der Waals surface area (Å²) in [4.78, 5) is 18.9. The fourth-order valence-corrected chi connectivity index (χ4v) is 4.62. The lowest BCUT2D eigenvalue weighted by molar-refractivity contribution is 0.0995. The Morgan fingerprint density at radius 3 is 2.77 bits per heavy atom. The molecule has 0 saturated carbocycles. The predicted octanol–water partition coefficient (Wildman–Crippen LogP) is 4.54. The average molecular weight is 405 g/mol. The summed E-state index contributed by atoms with van der Waals surface area (Å²) < 4.78 is 8.56. The van der Waals surface area contributed by atoms with Gasteiger partial charge < -0.3 is 9.30 Å². The van der Waals surface area contributed by atoms with Crippen LogP contribution in [0.3, 0.4) is 0 Å². The molecule has 3 rings (SSSR count). The van der Waals surface area contributed by atoms with Crippen molar-refractivity contribution in [2.24, 2.45) is 4.99 Å². The molecule has 0 bridgehead atoms. The van der Waals surface area contributed by atoms with E-state index in [2.05, 4.69) is 15.8 Å². The zero-order valence-electron chi connectivity index (χ0n) is 14.9. The first-order valence-electron chi connectivity index (χ1n) is 8.06. The molecule has 1 aromatic heterocycles. The van der Waals surface area contributed by atoms with E-state index >= 15 is 0 Å². The molecule has 3 aromatic rings. The minimum absolute atomic E-state index is 0.202. The largest absolute Gasteiger partial charge is 0.497 e. The maximum absolute atomic E-state index is 12.8. The van der Waals surface area contributed by atoms with Gasteiger partial charge in [-0.15, -0.1) is 11.8 Å². The number of aryl methyl sites for hydroxylation is 1. The van der Waals surface area contributed by atoms with Crippen molar-refractivity contribution in [3.63, 3.8) is 0 Å². The topological polar surface area (TPSA) is 43.6 Å². The van der Waals surface area contributed by atoms with Gasteiger partial charge >= 0.3 is 0 Å². The van der Waals surface area contributed by atoms with Crippen LogP contribution >= 0.6 is 34.9 Å². The fourth-order valence-electron chi connectivity index (χ4n) is 2.63. The second-order valence-corrected chi connectivity index (χ2v) is 8.32. The van der Waals surface area contributed by atoms with Crippen molar-refractivity contribution in [2.75, 3.05) is 25.4 Å². The van der Waals surface area contributed by atoms with E-state index in [0.29, 0.717) is 5.56 Å². The van der Waals surface area contributed by atoms with Crippen molar-refractivity contribution in [1.82, 2.24) is 4.57 Å². The minimum atomic E-state index is -0.202. The van der Waals surface area contributed by atoms with E-state index in [9.17, 15) is 4.79 Å². The number of aromatic nitrogens is 1. The average Bonchev–Trinajstić information content (AvgIpc) is 3.02. The quantitative estimate of drug-likeness (QED) is 0.566. The third-order valence-electron chi connectivity index (χ3n) is 3.94. The maximum Gasteiger partial charge on any atom is 0.280 e. The van der Waals surface area contributed by atoms with E-state index in [0.717, 1.165) is 38.0 Å². The SMILES string of the molecule is COc1ccc2sc(=NC(=O)c3ccccc3SC)n(CCSC)c2c1. The van der Waals surface area contributed by atoms with E-state index in [1.54, 1.807) is 30.6 Å². The van der Waals surface area contributed by atoms with Crippen LogP contribution in [-0.2, 0) is 6.54 Å². The highest BCUT2D eigenvalue weighted by Gasteiger charge is 2.12. The molecule has 0 unspecified atom stereocenters. The molecule has 0 saturated heterocycles. The summed E-state index contributed by atoms with van der Waals surface area (Å²) >= 11 is 4.86. The molecule has 0 radical (unpaired) electrons. The van der Waals surface area contributed by atoms with Crippen LogP contribution in [0, 0.1) is 0 Å². The summed E-state index contributed by atoms with van der Waals surface area (Å²) in [6, 6.07) is 13.6. The Labute approximate surface area is 165 Å². The van der Waals surface area contributed by atoms with Crippen molar-refractivity contribution in [2.45, 2.75) is 11.4 Å². The number of hydrogen-bond donors (Lipinski definition) is 0. The van der Waals surface area contributed by atoms with Gasteiger partial charge in [-0.1, -0.05) is 23.5 Å². The zero-order chi connectivity index (χ0) is 18.5. The highest BCUT2D eigenvalue weighted by atomic mass is 32.2. The smallest absolute Gasteiger partial charge is 0.280 e. The van der Waals surface area contributed by atoms with Gasteiger partial charge in [-0.3, -0.25) is 4.79 Å². The first-order valence-corrected chi connectivity index (χ1v) is 11.5. The summed E-state index contributed by atoms with van der Waals surface area (Å²) in [5.74, 6) is 1.55. The van der Waals surface area contributed by atoms with Gasteiger partial charge in [-0.25, -0.2) is 0 Å². The van der Waals surface area contributed by atoms with Crippen LogP contribution in [-0.4, -0.2) is 35.8 Å². The van der Waals surface area contributed by atoms with Crippen molar-refractivity contribution >= 4 is 51.0 Å². The van der Waals surface area contributed by atoms with E-state index in [1.165, 1.54) is 11.3 Å². The van der Waals surface area contributed by atoms with Crippen LogP contribution in [0.4, 0.5) is 0 Å². The molecular weight excluding hydrogens is 384 g/mol. The molecule has 0 aliphatic carbocycles. The van der Waals surface area contributed by atoms with Gasteiger partial charge in [0.25, 0.3) is 5.91 Å². The van der Waals surface area contributed by atoms with Crippen LogP contribution < -0.4 is 9.54 Å². The first-order chi connectivity index (χ1) is 12.7. The number of ether oxygens (including phenoxy) is 1. The van der Waals surface area contributed by atoms with Crippen LogP contribution in [0.5, 0.6) is 5.75 Å². The highest BCUT2D eigenvalue weighted by molar-refractivity contribution is 7.98. The normalized spacial score (nSPS) is 11.9. The minimum Gasteiger partial charge on any atom is -0.497 e. The van der Waals surface area contributed by atoms with Crippen molar-refractivity contribution < 1.29 is 9.53 Å². The lowest BCUT2D eigenvalue weighted by Gasteiger charge is -2.06. The lowest BCUT2D eigenvalue weighted by Crippen LogP contribution is -2.18. The van der Waals surface area contributed by atoms with Gasteiger partial charge in [-0.05, 0) is 36.8 Å². The predicted molar refractivity (Wildman–Crippen MR) is 113 cm³/mol. The monoisotopic (exact) mass is 404 g/mol. The third kappa shape index (κ3) is 4.00. The van der Waals surface area contributed by atoms with Crippen molar-refractivity contribution in [3.05, 3.63) is 52.8 Å². The Morgan fingerprint density at radius 2 is 2.04 bits per heavy atom. The molecule has 0 aliphatic rings. The maximum atomic E-state index is 12.8. The first kappa shape index (κ1) is 19.1. The Hall–Kier alpha value is -1.70. The van der Waals surface area contributed by atoms with Crippen LogP contribution in [0.25, 0.3) is 10.2 Å². The summed E-state index contributed by atoms with van der Waals surface area (Å²) in [6.07, 6.45) is 4.04. The van der Waals surface area contributed by atoms with E-state index in [4.69, 9.17) is 4.74 Å². The Kier molecular flexibility index (Phi) is 6.45. The van der Waals surface area contributed by atoms with Crippen LogP contribution in [0.1, 0.15) is 10.4 Å². The number of rotatable bonds is 6. The number of carbonyl (C=O) groups excluding carboxylic acids is 1. The number of methoxy groups -OCH3 is 1. The number of hydrogen-bond acceptors (Lipinski definition) is 5. The van der Waals surface area contributed by atoms with Gasteiger partial charge in [0, 0.05) is 23.3 Å². The number of fused-ring (bicyclic) bond motifs is 1. The lowest BCUT2D eigenvalue weighted by atomic mass is 10.2. The Balaban J connectivity index is 2.13. The molecule has 0 fully saturated rings. The Bertz CT molecular complexity index is 992. The number of thioether (sulfide) groups is 2. The number of nitrogens with zero attached hydrogens (tertiary/aromatic N) is 2. The summed E-state index contributed by atoms with van der Waals surface area (Å²) in [6.45, 7) is 0.796.